The monoisotopic (exact) mass is 200 g/mol. The molecule has 1 heterocycles. The van der Waals surface area contributed by atoms with Crippen LogP contribution in [0, 0.1) is 0 Å². The topological polar surface area (TPSA) is 25.8 Å². The van der Waals surface area contributed by atoms with E-state index in [1.54, 1.807) is 0 Å². The summed E-state index contributed by atoms with van der Waals surface area (Å²) in [5.74, 6) is 0.418. The van der Waals surface area contributed by atoms with Crippen molar-refractivity contribution in [1.29, 1.82) is 0 Å². The minimum absolute atomic E-state index is 0.0457. The summed E-state index contributed by atoms with van der Waals surface area (Å²) in [6.45, 7) is 0. The van der Waals surface area contributed by atoms with Crippen LogP contribution in [0.5, 0.6) is 0 Å². The Morgan fingerprint density at radius 1 is 1.60 bits per heavy atom. The molecule has 10 heavy (non-hydrogen) atoms. The molecule has 0 saturated heterocycles. The molecule has 1 saturated carbocycles. The summed E-state index contributed by atoms with van der Waals surface area (Å²) in [4.78, 5) is 7.87. The molecule has 2 nitrogen and oxygen atoms in total. The van der Waals surface area contributed by atoms with Crippen molar-refractivity contribution >= 4 is 15.9 Å². The van der Waals surface area contributed by atoms with Crippen LogP contribution in [0.4, 0.5) is 0 Å². The molecule has 0 atom stereocenters. The number of hydrogen-bond acceptors (Lipinski definition) is 2. The van der Waals surface area contributed by atoms with Crippen molar-refractivity contribution in [3.63, 3.8) is 0 Å². The predicted octanol–water partition coefficient (Wildman–Crippen LogP) is 2.12. The Morgan fingerprint density at radius 2 is 2.40 bits per heavy atom. The van der Waals surface area contributed by atoms with E-state index in [4.69, 9.17) is 2.74 Å². The Hall–Kier alpha value is -0.440. The zero-order valence-electron chi connectivity index (χ0n) is 7.26. The summed E-state index contributed by atoms with van der Waals surface area (Å²) in [5.41, 5.74) is 0.734. The summed E-state index contributed by atoms with van der Waals surface area (Å²) in [7, 11) is 0. The van der Waals surface area contributed by atoms with Gasteiger partial charge in [-0.2, -0.15) is 0 Å². The molecule has 0 unspecified atom stereocenters. The van der Waals surface area contributed by atoms with E-state index in [0.717, 1.165) is 18.5 Å². The number of nitrogens with zero attached hydrogens (tertiary/aromatic N) is 2. The minimum atomic E-state index is 0.0457. The highest BCUT2D eigenvalue weighted by Gasteiger charge is 2.25. The van der Waals surface area contributed by atoms with Crippen LogP contribution in [-0.2, 0) is 0 Å². The van der Waals surface area contributed by atoms with Crippen LogP contribution in [0.25, 0.3) is 0 Å². The molecule has 1 aromatic heterocycles. The Kier molecular flexibility index (Phi) is 1.02. The smallest absolute Gasteiger partial charge is 0.124 e. The van der Waals surface area contributed by atoms with Crippen LogP contribution in [0.1, 0.15) is 27.2 Å². The first-order valence-electron chi connectivity index (χ1n) is 4.19. The van der Waals surface area contributed by atoms with Gasteiger partial charge in [0.25, 0.3) is 0 Å². The van der Waals surface area contributed by atoms with Gasteiger partial charge in [-0.1, -0.05) is 0 Å². The molecule has 1 fully saturated rings. The SMILES string of the molecule is [2H]c1nc([2H])c(C2CC2)nc1Br. The summed E-state index contributed by atoms with van der Waals surface area (Å²) in [6, 6.07) is 0. The van der Waals surface area contributed by atoms with Gasteiger partial charge in [0.2, 0.25) is 0 Å². The second kappa shape index (κ2) is 2.31. The summed E-state index contributed by atoms with van der Waals surface area (Å²) in [6.07, 6.45) is 2.41. The van der Waals surface area contributed by atoms with Crippen LogP contribution in [0.15, 0.2) is 16.9 Å². The largest absolute Gasteiger partial charge is 0.260 e. The highest BCUT2D eigenvalue weighted by atomic mass is 79.9. The normalized spacial score (nSPS) is 20.1. The predicted molar refractivity (Wildman–Crippen MR) is 41.7 cm³/mol. The van der Waals surface area contributed by atoms with Crippen molar-refractivity contribution in [3.8, 4) is 0 Å². The lowest BCUT2D eigenvalue weighted by Gasteiger charge is -1.94. The lowest BCUT2D eigenvalue weighted by molar-refractivity contribution is 0.972. The molecule has 1 aliphatic rings. The molecule has 0 spiro atoms. The molecular formula is C7H7BrN2. The van der Waals surface area contributed by atoms with Gasteiger partial charge >= 0.3 is 0 Å². The van der Waals surface area contributed by atoms with E-state index in [9.17, 15) is 0 Å². The molecule has 2 rings (SSSR count). The van der Waals surface area contributed by atoms with Crippen LogP contribution >= 0.6 is 15.9 Å². The Morgan fingerprint density at radius 3 is 3.10 bits per heavy atom. The summed E-state index contributed by atoms with van der Waals surface area (Å²) >= 11 is 3.13. The van der Waals surface area contributed by atoms with Gasteiger partial charge in [-0.15, -0.1) is 0 Å². The van der Waals surface area contributed by atoms with E-state index in [-0.39, 0.29) is 12.3 Å². The van der Waals surface area contributed by atoms with Crippen molar-refractivity contribution in [2.75, 3.05) is 0 Å². The van der Waals surface area contributed by atoms with Crippen LogP contribution in [0.2, 0.25) is 0 Å². The number of halogens is 1. The van der Waals surface area contributed by atoms with E-state index in [1.165, 1.54) is 0 Å². The van der Waals surface area contributed by atoms with E-state index >= 15 is 0 Å². The molecule has 1 aliphatic carbocycles. The Labute approximate surface area is 70.6 Å². The van der Waals surface area contributed by atoms with Crippen molar-refractivity contribution in [2.24, 2.45) is 0 Å². The maximum atomic E-state index is 7.46. The maximum Gasteiger partial charge on any atom is 0.124 e. The van der Waals surface area contributed by atoms with Gasteiger partial charge in [0.1, 0.15) is 4.60 Å². The first kappa shape index (κ1) is 4.44. The van der Waals surface area contributed by atoms with Crippen molar-refractivity contribution < 1.29 is 2.74 Å². The van der Waals surface area contributed by atoms with Crippen molar-refractivity contribution in [1.82, 2.24) is 9.97 Å². The summed E-state index contributed by atoms with van der Waals surface area (Å²) in [5, 5.41) is 0. The minimum Gasteiger partial charge on any atom is -0.260 e. The van der Waals surface area contributed by atoms with E-state index in [0.29, 0.717) is 10.5 Å². The fourth-order valence-electron chi connectivity index (χ4n) is 0.826. The third-order valence-corrected chi connectivity index (χ3v) is 1.86. The maximum absolute atomic E-state index is 7.46. The van der Waals surface area contributed by atoms with Gasteiger partial charge in [-0.3, -0.25) is 4.98 Å². The molecule has 0 radical (unpaired) electrons. The molecule has 0 bridgehead atoms. The molecule has 3 heteroatoms. The average Bonchev–Trinajstić information content (AvgIpc) is 2.79. The quantitative estimate of drug-likeness (QED) is 0.695. The molecule has 0 aliphatic heterocycles. The molecule has 1 aromatic rings. The lowest BCUT2D eigenvalue weighted by atomic mass is 10.3. The van der Waals surface area contributed by atoms with Gasteiger partial charge < -0.3 is 0 Å². The third kappa shape index (κ3) is 1.19. The van der Waals surface area contributed by atoms with Gasteiger partial charge in [-0.05, 0) is 28.8 Å². The Balaban J connectivity index is 2.47. The molecular weight excluding hydrogens is 192 g/mol. The molecule has 0 aromatic carbocycles. The first-order chi connectivity index (χ1) is 5.68. The average molecular weight is 201 g/mol. The zero-order chi connectivity index (χ0) is 8.72. The van der Waals surface area contributed by atoms with Crippen LogP contribution in [0.3, 0.4) is 0 Å². The van der Waals surface area contributed by atoms with Crippen molar-refractivity contribution in [3.05, 3.63) is 22.6 Å². The van der Waals surface area contributed by atoms with Gasteiger partial charge in [0.05, 0.1) is 14.6 Å². The first-order valence-corrected chi connectivity index (χ1v) is 3.98. The summed E-state index contributed by atoms with van der Waals surface area (Å²) < 4.78 is 15.2. The van der Waals surface area contributed by atoms with Crippen LogP contribution < -0.4 is 0 Å². The molecule has 52 valence electrons. The number of hydrogen-bond donors (Lipinski definition) is 0. The third-order valence-electron chi connectivity index (χ3n) is 1.50. The lowest BCUT2D eigenvalue weighted by Crippen LogP contribution is -1.87. The second-order valence-corrected chi connectivity index (χ2v) is 3.15. The van der Waals surface area contributed by atoms with Gasteiger partial charge in [0.15, 0.2) is 0 Å². The van der Waals surface area contributed by atoms with E-state index in [1.807, 2.05) is 0 Å². The highest BCUT2D eigenvalue weighted by Crippen LogP contribution is 2.38. The fraction of sp³-hybridized carbons (Fsp3) is 0.429. The van der Waals surface area contributed by atoms with Gasteiger partial charge in [-0.25, -0.2) is 4.98 Å². The zero-order valence-corrected chi connectivity index (χ0v) is 6.85. The standard InChI is InChI=1S/C7H7BrN2/c8-7-4-9-3-6(10-7)5-1-2-5/h3-5H,1-2H2/i3D,4D. The van der Waals surface area contributed by atoms with Gasteiger partial charge in [0, 0.05) is 12.1 Å². The van der Waals surface area contributed by atoms with Crippen LogP contribution in [-0.4, -0.2) is 9.97 Å². The molecule has 0 N–H and O–H groups in total. The number of rotatable bonds is 1. The number of aromatic nitrogens is 2. The second-order valence-electron chi connectivity index (χ2n) is 2.40. The molecule has 0 amide bonds. The van der Waals surface area contributed by atoms with E-state index in [2.05, 4.69) is 25.9 Å². The van der Waals surface area contributed by atoms with Crippen molar-refractivity contribution in [2.45, 2.75) is 18.8 Å². The highest BCUT2D eigenvalue weighted by molar-refractivity contribution is 9.10. The fourth-order valence-corrected chi connectivity index (χ4v) is 1.11. The van der Waals surface area contributed by atoms with E-state index < -0.39 is 0 Å². The Bertz CT molecular complexity index is 325.